The lowest BCUT2D eigenvalue weighted by atomic mass is 9.90. The molecular formula is C28H24N6O. The highest BCUT2D eigenvalue weighted by Crippen LogP contribution is 2.27. The zero-order valence-electron chi connectivity index (χ0n) is 19.2. The van der Waals surface area contributed by atoms with Gasteiger partial charge in [-0.15, -0.1) is 0 Å². The van der Waals surface area contributed by atoms with Crippen molar-refractivity contribution in [1.29, 1.82) is 0 Å². The van der Waals surface area contributed by atoms with Crippen molar-refractivity contribution in [3.05, 3.63) is 126 Å². The van der Waals surface area contributed by atoms with E-state index in [0.29, 0.717) is 23.1 Å². The quantitative estimate of drug-likeness (QED) is 0.336. The van der Waals surface area contributed by atoms with Gasteiger partial charge in [0.2, 0.25) is 5.91 Å². The topological polar surface area (TPSA) is 84.7 Å². The van der Waals surface area contributed by atoms with Crippen LogP contribution < -0.4 is 10.6 Å². The molecule has 2 N–H and O–H groups in total. The van der Waals surface area contributed by atoms with Crippen molar-refractivity contribution in [2.45, 2.75) is 12.8 Å². The Hall–Kier alpha value is -4.78. The van der Waals surface area contributed by atoms with Crippen LogP contribution in [0.4, 0.5) is 17.2 Å². The fourth-order valence-electron chi connectivity index (χ4n) is 3.92. The maximum atomic E-state index is 13.3. The second-order valence-electron chi connectivity index (χ2n) is 8.06. The van der Waals surface area contributed by atoms with Crippen LogP contribution in [0.15, 0.2) is 109 Å². The zero-order chi connectivity index (χ0) is 24.0. The van der Waals surface area contributed by atoms with Crippen molar-refractivity contribution in [3.8, 4) is 5.82 Å². The summed E-state index contributed by atoms with van der Waals surface area (Å²) in [5.41, 5.74) is 3.45. The average Bonchev–Trinajstić information content (AvgIpc) is 3.42. The number of hydrogen-bond donors (Lipinski definition) is 2. The van der Waals surface area contributed by atoms with Gasteiger partial charge in [-0.3, -0.25) is 4.79 Å². The van der Waals surface area contributed by atoms with Gasteiger partial charge in [0.05, 0.1) is 5.92 Å². The molecule has 7 heteroatoms. The van der Waals surface area contributed by atoms with Gasteiger partial charge >= 0.3 is 0 Å². The van der Waals surface area contributed by atoms with Crippen molar-refractivity contribution in [3.63, 3.8) is 0 Å². The van der Waals surface area contributed by atoms with Gasteiger partial charge in [-0.25, -0.2) is 14.6 Å². The maximum absolute atomic E-state index is 13.3. The summed E-state index contributed by atoms with van der Waals surface area (Å²) in [4.78, 5) is 22.2. The largest absolute Gasteiger partial charge is 0.340 e. The van der Waals surface area contributed by atoms with Crippen molar-refractivity contribution in [2.24, 2.45) is 0 Å². The molecule has 5 rings (SSSR count). The summed E-state index contributed by atoms with van der Waals surface area (Å²) in [7, 11) is 0. The first kappa shape index (κ1) is 22.0. The molecule has 0 bridgehead atoms. The molecule has 0 saturated heterocycles. The van der Waals surface area contributed by atoms with Crippen LogP contribution >= 0.6 is 0 Å². The Kier molecular flexibility index (Phi) is 6.30. The second-order valence-corrected chi connectivity index (χ2v) is 8.06. The SMILES string of the molecule is Cc1nc(Nc2ccc(NC(=O)C(c3ccccc3)c3ccccc3)cc2)cc(-n2cccn2)n1. The maximum Gasteiger partial charge on any atom is 0.236 e. The van der Waals surface area contributed by atoms with E-state index in [4.69, 9.17) is 0 Å². The number of rotatable bonds is 7. The molecule has 0 aliphatic rings. The van der Waals surface area contributed by atoms with Gasteiger partial charge in [0, 0.05) is 29.8 Å². The van der Waals surface area contributed by atoms with Gasteiger partial charge in [-0.1, -0.05) is 60.7 Å². The Balaban J connectivity index is 1.32. The summed E-state index contributed by atoms with van der Waals surface area (Å²) in [6.07, 6.45) is 3.54. The number of nitrogens with one attached hydrogen (secondary N) is 2. The molecule has 35 heavy (non-hydrogen) atoms. The summed E-state index contributed by atoms with van der Waals surface area (Å²) in [5.74, 6) is 1.49. The van der Waals surface area contributed by atoms with Crippen LogP contribution in [-0.2, 0) is 4.79 Å². The van der Waals surface area contributed by atoms with Crippen LogP contribution in [0.25, 0.3) is 5.82 Å². The van der Waals surface area contributed by atoms with E-state index in [2.05, 4.69) is 25.7 Å². The number of anilines is 3. The standard InChI is InChI=1S/C28H24N6O/c1-20-30-25(19-26(31-20)34-18-8-17-29-34)32-23-13-15-24(16-14-23)33-28(35)27(21-9-4-2-5-10-21)22-11-6-3-7-12-22/h2-19,27H,1H3,(H,33,35)(H,30,31,32). The smallest absolute Gasteiger partial charge is 0.236 e. The molecular weight excluding hydrogens is 436 g/mol. The third-order valence-corrected chi connectivity index (χ3v) is 5.52. The summed E-state index contributed by atoms with van der Waals surface area (Å²) in [6.45, 7) is 1.84. The molecule has 0 aliphatic carbocycles. The van der Waals surface area contributed by atoms with E-state index in [-0.39, 0.29) is 5.91 Å². The highest BCUT2D eigenvalue weighted by molar-refractivity contribution is 5.98. The number of carbonyl (C=O) groups excluding carboxylic acids is 1. The lowest BCUT2D eigenvalue weighted by Gasteiger charge is -2.18. The van der Waals surface area contributed by atoms with Crippen LogP contribution in [-0.4, -0.2) is 25.7 Å². The van der Waals surface area contributed by atoms with Gasteiger partial charge in [-0.2, -0.15) is 5.10 Å². The Labute approximate surface area is 203 Å². The third kappa shape index (κ3) is 5.25. The molecule has 1 amide bonds. The molecule has 3 aromatic carbocycles. The Morgan fingerprint density at radius 3 is 2.03 bits per heavy atom. The molecule has 2 heterocycles. The number of aromatic nitrogens is 4. The number of carbonyl (C=O) groups is 1. The fourth-order valence-corrected chi connectivity index (χ4v) is 3.92. The monoisotopic (exact) mass is 460 g/mol. The first-order valence-corrected chi connectivity index (χ1v) is 11.3. The number of aryl methyl sites for hydroxylation is 1. The first-order chi connectivity index (χ1) is 17.2. The molecule has 0 atom stereocenters. The van der Waals surface area contributed by atoms with Gasteiger partial charge in [0.1, 0.15) is 11.6 Å². The summed E-state index contributed by atoms with van der Waals surface area (Å²) < 4.78 is 1.69. The van der Waals surface area contributed by atoms with E-state index in [1.54, 1.807) is 10.9 Å². The van der Waals surface area contributed by atoms with Gasteiger partial charge in [-0.05, 0) is 48.4 Å². The second kappa shape index (κ2) is 10.0. The summed E-state index contributed by atoms with van der Waals surface area (Å²) >= 11 is 0. The lowest BCUT2D eigenvalue weighted by Crippen LogP contribution is -2.22. The molecule has 7 nitrogen and oxygen atoms in total. The van der Waals surface area contributed by atoms with Gasteiger partial charge in [0.25, 0.3) is 0 Å². The highest BCUT2D eigenvalue weighted by atomic mass is 16.1. The molecule has 0 fully saturated rings. The zero-order valence-corrected chi connectivity index (χ0v) is 19.2. The summed E-state index contributed by atoms with van der Waals surface area (Å²) in [6, 6.07) is 30.8. The van der Waals surface area contributed by atoms with Crippen molar-refractivity contribution >= 4 is 23.1 Å². The predicted molar refractivity (Wildman–Crippen MR) is 137 cm³/mol. The number of benzene rings is 3. The molecule has 0 radical (unpaired) electrons. The third-order valence-electron chi connectivity index (χ3n) is 5.52. The Morgan fingerprint density at radius 1 is 0.800 bits per heavy atom. The van der Waals surface area contributed by atoms with E-state index >= 15 is 0 Å². The molecule has 5 aromatic rings. The van der Waals surface area contributed by atoms with Gasteiger partial charge < -0.3 is 10.6 Å². The van der Waals surface area contributed by atoms with E-state index in [9.17, 15) is 4.79 Å². The molecule has 0 spiro atoms. The van der Waals surface area contributed by atoms with Crippen LogP contribution in [0.2, 0.25) is 0 Å². The van der Waals surface area contributed by atoms with Crippen LogP contribution in [0.1, 0.15) is 22.9 Å². The Morgan fingerprint density at radius 2 is 1.43 bits per heavy atom. The average molecular weight is 461 g/mol. The minimum atomic E-state index is -0.403. The fraction of sp³-hybridized carbons (Fsp3) is 0.0714. The van der Waals surface area contributed by atoms with Crippen molar-refractivity contribution < 1.29 is 4.79 Å². The molecule has 172 valence electrons. The van der Waals surface area contributed by atoms with E-state index in [1.165, 1.54) is 0 Å². The van der Waals surface area contributed by atoms with Crippen molar-refractivity contribution in [2.75, 3.05) is 10.6 Å². The van der Waals surface area contributed by atoms with E-state index in [0.717, 1.165) is 16.8 Å². The number of hydrogen-bond acceptors (Lipinski definition) is 5. The first-order valence-electron chi connectivity index (χ1n) is 11.3. The normalized spacial score (nSPS) is 10.8. The lowest BCUT2D eigenvalue weighted by molar-refractivity contribution is -0.116. The molecule has 0 aliphatic heterocycles. The minimum absolute atomic E-state index is 0.0848. The number of nitrogens with zero attached hydrogens (tertiary/aromatic N) is 4. The summed E-state index contributed by atoms with van der Waals surface area (Å²) in [5, 5.41) is 10.6. The van der Waals surface area contributed by atoms with Crippen LogP contribution in [0.5, 0.6) is 0 Å². The molecule has 2 aromatic heterocycles. The number of amides is 1. The highest BCUT2D eigenvalue weighted by Gasteiger charge is 2.22. The molecule has 0 unspecified atom stereocenters. The van der Waals surface area contributed by atoms with Crippen LogP contribution in [0.3, 0.4) is 0 Å². The van der Waals surface area contributed by atoms with Crippen molar-refractivity contribution in [1.82, 2.24) is 19.7 Å². The molecule has 0 saturated carbocycles. The van der Waals surface area contributed by atoms with Gasteiger partial charge in [0.15, 0.2) is 5.82 Å². The van der Waals surface area contributed by atoms with E-state index in [1.807, 2.05) is 110 Å². The minimum Gasteiger partial charge on any atom is -0.340 e. The van der Waals surface area contributed by atoms with E-state index < -0.39 is 5.92 Å². The predicted octanol–water partition coefficient (Wildman–Crippen LogP) is 5.48. The Bertz CT molecular complexity index is 1360. The van der Waals surface area contributed by atoms with Crippen LogP contribution in [0, 0.1) is 6.92 Å².